The van der Waals surface area contributed by atoms with Gasteiger partial charge in [-0.15, -0.1) is 0 Å². The molecule has 0 saturated carbocycles. The average molecular weight is 315 g/mol. The number of aryl methyl sites for hydroxylation is 1. The maximum atomic E-state index is 13.0. The van der Waals surface area contributed by atoms with Gasteiger partial charge in [0.25, 0.3) is 0 Å². The first kappa shape index (κ1) is 15.5. The number of hydrogen-bond donors (Lipinski definition) is 1. The predicted octanol–water partition coefficient (Wildman–Crippen LogP) is 1.46. The number of nitrogens with one attached hydrogen (secondary N) is 1. The Balaban J connectivity index is 2.05. The maximum absolute atomic E-state index is 13.0. The number of hydrogen-bond acceptors (Lipinski definition) is 4. The van der Waals surface area contributed by atoms with E-state index in [0.717, 1.165) is 16.8 Å². The molecule has 6 nitrogen and oxygen atoms in total. The number of barbiturate groups is 1. The predicted molar refractivity (Wildman–Crippen MR) is 86.1 cm³/mol. The number of carbonyl (C=O) groups is 3. The Morgan fingerprint density at radius 2 is 2.00 bits per heavy atom. The molecule has 2 heterocycles. The number of nitrogens with zero attached hydrogens (tertiary/aromatic N) is 2. The Morgan fingerprint density at radius 1 is 1.26 bits per heavy atom. The molecule has 6 heteroatoms. The first-order valence-corrected chi connectivity index (χ1v) is 7.87. The van der Waals surface area contributed by atoms with E-state index < -0.39 is 17.4 Å². The number of anilines is 1. The zero-order valence-corrected chi connectivity index (χ0v) is 13.7. The van der Waals surface area contributed by atoms with E-state index >= 15 is 0 Å². The number of amides is 4. The van der Waals surface area contributed by atoms with Crippen molar-refractivity contribution in [1.82, 2.24) is 10.2 Å². The number of rotatable bonds is 2. The fraction of sp³-hybridized carbons (Fsp3) is 0.471. The molecule has 1 aromatic carbocycles. The first-order chi connectivity index (χ1) is 10.9. The monoisotopic (exact) mass is 315 g/mol. The van der Waals surface area contributed by atoms with Gasteiger partial charge in [0.2, 0.25) is 11.8 Å². The molecular formula is C17H21N3O3. The van der Waals surface area contributed by atoms with Crippen molar-refractivity contribution >= 4 is 23.5 Å². The minimum atomic E-state index is -1.22. The van der Waals surface area contributed by atoms with Gasteiger partial charge in [0.05, 0.1) is 0 Å². The topological polar surface area (TPSA) is 69.7 Å². The molecule has 1 fully saturated rings. The van der Waals surface area contributed by atoms with E-state index in [9.17, 15) is 14.4 Å². The second-order valence-corrected chi connectivity index (χ2v) is 6.46. The zero-order chi connectivity index (χ0) is 16.8. The Labute approximate surface area is 135 Å². The highest BCUT2D eigenvalue weighted by molar-refractivity contribution is 6.20. The van der Waals surface area contributed by atoms with Crippen LogP contribution in [-0.2, 0) is 16.0 Å². The summed E-state index contributed by atoms with van der Waals surface area (Å²) in [4.78, 5) is 40.6. The van der Waals surface area contributed by atoms with Crippen LogP contribution in [0.1, 0.15) is 24.5 Å². The Hall–Kier alpha value is -2.37. The average Bonchev–Trinajstić information content (AvgIpc) is 2.49. The summed E-state index contributed by atoms with van der Waals surface area (Å²) in [6.45, 7) is 4.48. The van der Waals surface area contributed by atoms with Gasteiger partial charge >= 0.3 is 6.03 Å². The van der Waals surface area contributed by atoms with Crippen molar-refractivity contribution in [1.29, 1.82) is 0 Å². The normalized spacial score (nSPS) is 24.0. The fourth-order valence-electron chi connectivity index (χ4n) is 3.55. The van der Waals surface area contributed by atoms with Crippen LogP contribution in [0, 0.1) is 12.3 Å². The summed E-state index contributed by atoms with van der Waals surface area (Å²) >= 11 is 0. The van der Waals surface area contributed by atoms with Crippen LogP contribution in [0.15, 0.2) is 18.2 Å². The lowest BCUT2D eigenvalue weighted by molar-refractivity contribution is -0.151. The largest absolute Gasteiger partial charge is 0.373 e. The van der Waals surface area contributed by atoms with Gasteiger partial charge in [0.1, 0.15) is 5.41 Å². The highest BCUT2D eigenvalue weighted by atomic mass is 16.2. The maximum Gasteiger partial charge on any atom is 0.330 e. The molecule has 4 amide bonds. The molecule has 0 aromatic heterocycles. The van der Waals surface area contributed by atoms with Gasteiger partial charge in [0.15, 0.2) is 0 Å². The third-order valence-corrected chi connectivity index (χ3v) is 4.65. The highest BCUT2D eigenvalue weighted by Crippen LogP contribution is 2.39. The van der Waals surface area contributed by atoms with E-state index in [1.807, 2.05) is 44.0 Å². The van der Waals surface area contributed by atoms with Gasteiger partial charge in [-0.05, 0) is 31.4 Å². The van der Waals surface area contributed by atoms with Crippen LogP contribution in [0.25, 0.3) is 0 Å². The minimum Gasteiger partial charge on any atom is -0.373 e. The molecular weight excluding hydrogens is 294 g/mol. The SMILES string of the molecule is CCCN1C(=O)NC(=O)[C@]2(Cc3cc(C)ccc3N(C)C2)C1=O. The van der Waals surface area contributed by atoms with Crippen LogP contribution in [0.2, 0.25) is 0 Å². The summed E-state index contributed by atoms with van der Waals surface area (Å²) in [5.41, 5.74) is 1.85. The summed E-state index contributed by atoms with van der Waals surface area (Å²) in [5, 5.41) is 2.37. The molecule has 23 heavy (non-hydrogen) atoms. The molecule has 0 unspecified atom stereocenters. The van der Waals surface area contributed by atoms with E-state index in [0.29, 0.717) is 19.4 Å². The third kappa shape index (κ3) is 2.29. The van der Waals surface area contributed by atoms with Crippen LogP contribution in [0.4, 0.5) is 10.5 Å². The lowest BCUT2D eigenvalue weighted by Crippen LogP contribution is -2.68. The van der Waals surface area contributed by atoms with Gasteiger partial charge in [-0.2, -0.15) is 0 Å². The van der Waals surface area contributed by atoms with E-state index in [1.54, 1.807) is 0 Å². The quantitative estimate of drug-likeness (QED) is 0.839. The molecule has 1 aromatic rings. The molecule has 1 saturated heterocycles. The van der Waals surface area contributed by atoms with E-state index in [1.165, 1.54) is 4.90 Å². The Kier molecular flexibility index (Phi) is 3.62. The van der Waals surface area contributed by atoms with Crippen molar-refractivity contribution in [3.8, 4) is 0 Å². The smallest absolute Gasteiger partial charge is 0.330 e. The lowest BCUT2D eigenvalue weighted by atomic mass is 9.74. The standard InChI is InChI=1S/C17H21N3O3/c1-4-7-20-15(22)17(14(21)18-16(20)23)9-12-8-11(2)5-6-13(12)19(3)10-17/h5-6,8H,4,7,9-10H2,1-3H3,(H,18,21,23)/t17-/m1/s1. The van der Waals surface area contributed by atoms with E-state index in [4.69, 9.17) is 0 Å². The zero-order valence-electron chi connectivity index (χ0n) is 13.7. The molecule has 2 aliphatic rings. The van der Waals surface area contributed by atoms with E-state index in [2.05, 4.69) is 5.32 Å². The lowest BCUT2D eigenvalue weighted by Gasteiger charge is -2.45. The number of benzene rings is 1. The van der Waals surface area contributed by atoms with Crippen LogP contribution in [0.5, 0.6) is 0 Å². The van der Waals surface area contributed by atoms with Crippen molar-refractivity contribution in [2.75, 3.05) is 25.0 Å². The van der Waals surface area contributed by atoms with Gasteiger partial charge in [0, 0.05) is 25.8 Å². The van der Waals surface area contributed by atoms with Gasteiger partial charge in [-0.3, -0.25) is 19.8 Å². The molecule has 1 atom stereocenters. The summed E-state index contributed by atoms with van der Waals surface area (Å²) in [6.07, 6.45) is 0.988. The Bertz CT molecular complexity index is 700. The van der Waals surface area contributed by atoms with Crippen molar-refractivity contribution < 1.29 is 14.4 Å². The van der Waals surface area contributed by atoms with Crippen molar-refractivity contribution in [2.45, 2.75) is 26.7 Å². The summed E-state index contributed by atoms with van der Waals surface area (Å²) in [6, 6.07) is 5.43. The number of imide groups is 2. The van der Waals surface area contributed by atoms with Crippen LogP contribution in [0.3, 0.4) is 0 Å². The highest BCUT2D eigenvalue weighted by Gasteiger charge is 2.56. The molecule has 1 N–H and O–H groups in total. The number of carbonyl (C=O) groups excluding carboxylic acids is 3. The molecule has 122 valence electrons. The van der Waals surface area contributed by atoms with Crippen LogP contribution < -0.4 is 10.2 Å². The van der Waals surface area contributed by atoms with Crippen molar-refractivity contribution in [3.05, 3.63) is 29.3 Å². The van der Waals surface area contributed by atoms with Gasteiger partial charge in [-0.25, -0.2) is 4.79 Å². The molecule has 0 radical (unpaired) electrons. The van der Waals surface area contributed by atoms with E-state index in [-0.39, 0.29) is 12.5 Å². The number of urea groups is 1. The second-order valence-electron chi connectivity index (χ2n) is 6.46. The minimum absolute atomic E-state index is 0.279. The first-order valence-electron chi connectivity index (χ1n) is 7.87. The summed E-state index contributed by atoms with van der Waals surface area (Å²) in [7, 11) is 1.87. The molecule has 0 bridgehead atoms. The second kappa shape index (κ2) is 5.37. The van der Waals surface area contributed by atoms with Crippen molar-refractivity contribution in [3.63, 3.8) is 0 Å². The van der Waals surface area contributed by atoms with Crippen LogP contribution >= 0.6 is 0 Å². The molecule has 1 spiro atoms. The third-order valence-electron chi connectivity index (χ3n) is 4.65. The fourth-order valence-corrected chi connectivity index (χ4v) is 3.55. The molecule has 3 rings (SSSR count). The van der Waals surface area contributed by atoms with Crippen LogP contribution in [-0.4, -0.2) is 42.9 Å². The molecule has 2 aliphatic heterocycles. The summed E-state index contributed by atoms with van der Waals surface area (Å²) < 4.78 is 0. The van der Waals surface area contributed by atoms with Crippen molar-refractivity contribution in [2.24, 2.45) is 5.41 Å². The molecule has 0 aliphatic carbocycles. The van der Waals surface area contributed by atoms with Gasteiger partial charge in [-0.1, -0.05) is 24.6 Å². The van der Waals surface area contributed by atoms with Gasteiger partial charge < -0.3 is 4.90 Å². The summed E-state index contributed by atoms with van der Waals surface area (Å²) in [5.74, 6) is -0.869. The Morgan fingerprint density at radius 3 is 2.70 bits per heavy atom. The number of fused-ring (bicyclic) bond motifs is 1.